The minimum Gasteiger partial charge on any atom is -0.550 e. The average Bonchev–Trinajstić information content (AvgIpc) is 2.30. The number of likely N-dealkylation sites (N-methyl/N-ethyl adjacent to an activating group) is 1. The molecule has 0 radical (unpaired) electrons. The minimum atomic E-state index is -0.980. The van der Waals surface area contributed by atoms with E-state index in [0.29, 0.717) is 24.0 Å². The van der Waals surface area contributed by atoms with Crippen molar-refractivity contribution < 1.29 is 19.5 Å². The van der Waals surface area contributed by atoms with Crippen molar-refractivity contribution in [3.05, 3.63) is 0 Å². The highest BCUT2D eigenvalue weighted by molar-refractivity contribution is 5.67. The second kappa shape index (κ2) is 9.32. The molecule has 0 aliphatic carbocycles. The van der Waals surface area contributed by atoms with E-state index in [0.717, 1.165) is 19.3 Å². The lowest BCUT2D eigenvalue weighted by molar-refractivity contribution is -0.896. The fraction of sp³-hybridized carbons (Fsp3) is 0.933. The number of hydrogen-bond donors (Lipinski definition) is 1. The van der Waals surface area contributed by atoms with Gasteiger partial charge in [-0.05, 0) is 12.8 Å². The Kier molecular flexibility index (Phi) is 9.02. The van der Waals surface area contributed by atoms with Crippen molar-refractivity contribution in [3.8, 4) is 0 Å². The van der Waals surface area contributed by atoms with Gasteiger partial charge in [0.25, 0.3) is 0 Å². The first kappa shape index (κ1) is 18.4. The van der Waals surface area contributed by atoms with Crippen LogP contribution in [0.4, 0.5) is 0 Å². The van der Waals surface area contributed by atoms with Crippen LogP contribution in [0, 0.1) is 5.92 Å². The van der Waals surface area contributed by atoms with Crippen LogP contribution in [0.15, 0.2) is 0 Å². The molecule has 0 aromatic rings. The predicted molar refractivity (Wildman–Crippen MR) is 75.4 cm³/mol. The molecule has 114 valence electrons. The summed E-state index contributed by atoms with van der Waals surface area (Å²) in [6, 6.07) is 0. The molecule has 0 amide bonds. The lowest BCUT2D eigenvalue weighted by atomic mass is 10.0. The third-order valence-corrected chi connectivity index (χ3v) is 3.64. The van der Waals surface area contributed by atoms with Gasteiger partial charge in [-0.1, -0.05) is 39.5 Å². The molecule has 0 aromatic carbocycles. The Hall–Kier alpha value is -0.610. The normalized spacial score (nSPS) is 15.2. The van der Waals surface area contributed by atoms with Crippen molar-refractivity contribution in [1.29, 1.82) is 0 Å². The van der Waals surface area contributed by atoms with Gasteiger partial charge in [-0.25, -0.2) is 0 Å². The van der Waals surface area contributed by atoms with E-state index in [4.69, 9.17) is 0 Å². The van der Waals surface area contributed by atoms with Crippen molar-refractivity contribution >= 4 is 5.97 Å². The second-order valence-electron chi connectivity index (χ2n) is 6.23. The number of quaternary nitrogens is 1. The van der Waals surface area contributed by atoms with Crippen LogP contribution >= 0.6 is 0 Å². The zero-order valence-corrected chi connectivity index (χ0v) is 13.0. The third-order valence-electron chi connectivity index (χ3n) is 3.64. The number of aliphatic hydroxyl groups excluding tert-OH is 1. The zero-order valence-electron chi connectivity index (χ0n) is 13.0. The third kappa shape index (κ3) is 9.00. The molecule has 0 heterocycles. The van der Waals surface area contributed by atoms with Gasteiger partial charge in [0.1, 0.15) is 12.6 Å². The van der Waals surface area contributed by atoms with Gasteiger partial charge in [-0.15, -0.1) is 0 Å². The Morgan fingerprint density at radius 1 is 1.16 bits per heavy atom. The quantitative estimate of drug-likeness (QED) is 0.454. The molecule has 4 nitrogen and oxygen atoms in total. The lowest BCUT2D eigenvalue weighted by Gasteiger charge is -2.35. The summed E-state index contributed by atoms with van der Waals surface area (Å²) >= 11 is 0. The summed E-state index contributed by atoms with van der Waals surface area (Å²) in [5.74, 6) is -1.41. The predicted octanol–water partition coefficient (Wildman–Crippen LogP) is 1.17. The van der Waals surface area contributed by atoms with E-state index in [1.54, 1.807) is 0 Å². The van der Waals surface area contributed by atoms with E-state index in [1.807, 2.05) is 21.0 Å². The Labute approximate surface area is 118 Å². The molecule has 1 N–H and O–H groups in total. The van der Waals surface area contributed by atoms with Gasteiger partial charge in [0.2, 0.25) is 0 Å². The molecule has 2 atom stereocenters. The van der Waals surface area contributed by atoms with Crippen molar-refractivity contribution in [2.45, 2.75) is 58.5 Å². The molecule has 2 unspecified atom stereocenters. The van der Waals surface area contributed by atoms with Crippen LogP contribution in [0.3, 0.4) is 0 Å². The molecular formula is C15H31NO3. The van der Waals surface area contributed by atoms with Crippen molar-refractivity contribution in [1.82, 2.24) is 0 Å². The number of hydrogen-bond acceptors (Lipinski definition) is 3. The number of carbonyl (C=O) groups excluding carboxylic acids is 1. The molecule has 0 fully saturated rings. The summed E-state index contributed by atoms with van der Waals surface area (Å²) in [5.41, 5.74) is 0. The van der Waals surface area contributed by atoms with Gasteiger partial charge in [0.05, 0.1) is 26.6 Å². The fourth-order valence-corrected chi connectivity index (χ4v) is 2.51. The number of unbranched alkanes of at least 4 members (excludes halogenated alkanes) is 3. The number of rotatable bonds is 11. The Balaban J connectivity index is 4.08. The molecule has 0 aliphatic heterocycles. The van der Waals surface area contributed by atoms with Gasteiger partial charge in [-0.2, -0.15) is 0 Å². The topological polar surface area (TPSA) is 60.4 Å². The second-order valence-corrected chi connectivity index (χ2v) is 6.23. The molecule has 0 rings (SSSR count). The molecule has 19 heavy (non-hydrogen) atoms. The summed E-state index contributed by atoms with van der Waals surface area (Å²) in [4.78, 5) is 11.0. The Morgan fingerprint density at radius 2 is 1.79 bits per heavy atom. The summed E-state index contributed by atoms with van der Waals surface area (Å²) in [7, 11) is 3.95. The van der Waals surface area contributed by atoms with Gasteiger partial charge < -0.3 is 19.5 Å². The van der Waals surface area contributed by atoms with Crippen molar-refractivity contribution in [2.24, 2.45) is 5.92 Å². The van der Waals surface area contributed by atoms with E-state index in [-0.39, 0.29) is 6.10 Å². The van der Waals surface area contributed by atoms with Crippen LogP contribution in [0.2, 0.25) is 0 Å². The first-order valence-electron chi connectivity index (χ1n) is 7.53. The number of aliphatic hydroxyl groups is 1. The highest BCUT2D eigenvalue weighted by Gasteiger charge is 2.24. The van der Waals surface area contributed by atoms with Gasteiger partial charge in [0, 0.05) is 5.92 Å². The van der Waals surface area contributed by atoms with E-state index in [2.05, 4.69) is 6.92 Å². The van der Waals surface area contributed by atoms with E-state index >= 15 is 0 Å². The average molecular weight is 273 g/mol. The first-order valence-corrected chi connectivity index (χ1v) is 7.53. The zero-order chi connectivity index (χ0) is 14.9. The molecular weight excluding hydrogens is 242 g/mol. The number of aliphatic carboxylic acids is 1. The van der Waals surface area contributed by atoms with Crippen LogP contribution in [0.5, 0.6) is 0 Å². The van der Waals surface area contributed by atoms with Crippen LogP contribution in [0.25, 0.3) is 0 Å². The molecule has 0 aliphatic rings. The maximum atomic E-state index is 11.0. The molecule has 0 saturated heterocycles. The van der Waals surface area contributed by atoms with E-state index in [9.17, 15) is 15.0 Å². The van der Waals surface area contributed by atoms with Crippen LogP contribution in [-0.4, -0.2) is 48.8 Å². The summed E-state index contributed by atoms with van der Waals surface area (Å²) in [6.07, 6.45) is 5.67. The highest BCUT2D eigenvalue weighted by atomic mass is 16.4. The molecule has 0 aromatic heterocycles. The van der Waals surface area contributed by atoms with Crippen molar-refractivity contribution in [2.75, 3.05) is 27.2 Å². The van der Waals surface area contributed by atoms with Crippen LogP contribution in [-0.2, 0) is 4.79 Å². The van der Waals surface area contributed by atoms with Gasteiger partial charge in [-0.3, -0.25) is 0 Å². The largest absolute Gasteiger partial charge is 0.550 e. The number of carboxylic acids is 1. The first-order chi connectivity index (χ1) is 8.82. The lowest BCUT2D eigenvalue weighted by Crippen LogP contribution is -2.51. The van der Waals surface area contributed by atoms with E-state index < -0.39 is 11.9 Å². The SMILES string of the molecule is CCCCCCC(O)C[N+](C)(C)CC(CC)C(=O)[O-]. The summed E-state index contributed by atoms with van der Waals surface area (Å²) in [5, 5.41) is 21.0. The van der Waals surface area contributed by atoms with Gasteiger partial charge in [0.15, 0.2) is 0 Å². The van der Waals surface area contributed by atoms with Crippen molar-refractivity contribution in [3.63, 3.8) is 0 Å². The number of carbonyl (C=O) groups is 1. The Morgan fingerprint density at radius 3 is 2.26 bits per heavy atom. The maximum absolute atomic E-state index is 11.0. The molecule has 0 saturated carbocycles. The monoisotopic (exact) mass is 273 g/mol. The van der Waals surface area contributed by atoms with Crippen LogP contribution in [0.1, 0.15) is 52.4 Å². The highest BCUT2D eigenvalue weighted by Crippen LogP contribution is 2.13. The van der Waals surface area contributed by atoms with Crippen LogP contribution < -0.4 is 5.11 Å². The smallest absolute Gasteiger partial charge is 0.105 e. The number of nitrogens with zero attached hydrogens (tertiary/aromatic N) is 1. The summed E-state index contributed by atoms with van der Waals surface area (Å²) in [6.45, 7) is 5.16. The molecule has 4 heteroatoms. The fourth-order valence-electron chi connectivity index (χ4n) is 2.51. The molecule has 0 bridgehead atoms. The van der Waals surface area contributed by atoms with E-state index in [1.165, 1.54) is 12.8 Å². The maximum Gasteiger partial charge on any atom is 0.105 e. The minimum absolute atomic E-state index is 0.342. The van der Waals surface area contributed by atoms with Gasteiger partial charge >= 0.3 is 0 Å². The molecule has 0 spiro atoms. The summed E-state index contributed by atoms with van der Waals surface area (Å²) < 4.78 is 0.529. The standard InChI is InChI=1S/C15H31NO3/c1-5-7-8-9-10-14(17)12-16(3,4)11-13(6-2)15(18)19/h13-14,17H,5-12H2,1-4H3. The Bertz CT molecular complexity index is 254. The number of carboxylic acid groups (broad SMARTS) is 1.